The molecule has 96 valence electrons. The zero-order valence-corrected chi connectivity index (χ0v) is 12.5. The molecule has 3 heteroatoms. The van der Waals surface area contributed by atoms with Gasteiger partial charge in [-0.15, -0.1) is 0 Å². The van der Waals surface area contributed by atoms with Crippen LogP contribution in [0.2, 0.25) is 5.02 Å². The Morgan fingerprint density at radius 2 is 1.68 bits per heavy atom. The molecule has 0 aliphatic heterocycles. The van der Waals surface area contributed by atoms with Gasteiger partial charge < -0.3 is 0 Å². The fourth-order valence-electron chi connectivity index (χ4n) is 1.70. The average Bonchev–Trinajstić information content (AvgIpc) is 2.46. The van der Waals surface area contributed by atoms with E-state index in [1.165, 1.54) is 0 Å². The van der Waals surface area contributed by atoms with Gasteiger partial charge in [0.25, 0.3) is 0 Å². The van der Waals surface area contributed by atoms with Crippen LogP contribution in [0.25, 0.3) is 6.08 Å². The molecule has 0 heterocycles. The number of hydrogen-bond acceptors (Lipinski definition) is 1. The summed E-state index contributed by atoms with van der Waals surface area (Å²) in [6.45, 7) is 0. The van der Waals surface area contributed by atoms with Crippen molar-refractivity contribution < 1.29 is 4.79 Å². The number of carbonyl (C=O) groups excluding carboxylic acids is 1. The van der Waals surface area contributed by atoms with Crippen LogP contribution in [0.1, 0.15) is 15.9 Å². The molecule has 19 heavy (non-hydrogen) atoms. The van der Waals surface area contributed by atoms with Crippen molar-refractivity contribution in [3.8, 4) is 0 Å². The summed E-state index contributed by atoms with van der Waals surface area (Å²) in [5.41, 5.74) is 2.37. The second-order valence-corrected chi connectivity index (χ2v) is 5.05. The monoisotopic (exact) mass is 334 g/mol. The van der Waals surface area contributed by atoms with Crippen LogP contribution in [-0.2, 0) is 0 Å². The van der Waals surface area contributed by atoms with Crippen LogP contribution in [0.3, 0.4) is 0 Å². The molecule has 1 nitrogen and oxygen atoms in total. The smallest absolute Gasteiger partial charge is 0.189 e. The first-order chi connectivity index (χ1) is 9.20. The number of halogens is 2. The third-order valence-corrected chi connectivity index (χ3v) is 3.54. The van der Waals surface area contributed by atoms with Crippen LogP contribution < -0.4 is 0 Å². The highest BCUT2D eigenvalue weighted by Crippen LogP contribution is 2.17. The van der Waals surface area contributed by atoms with Gasteiger partial charge in [0.15, 0.2) is 5.78 Å². The summed E-state index contributed by atoms with van der Waals surface area (Å²) in [6.07, 6.45) is 1.89. The number of rotatable bonds is 4. The van der Waals surface area contributed by atoms with E-state index in [-0.39, 0.29) is 5.78 Å². The summed E-state index contributed by atoms with van der Waals surface area (Å²) in [6, 6.07) is 16.7. The molecule has 0 spiro atoms. The molecule has 0 radical (unpaired) electrons. The van der Waals surface area contributed by atoms with Gasteiger partial charge in [0.1, 0.15) is 0 Å². The lowest BCUT2D eigenvalue weighted by molar-refractivity contribution is 0.103. The van der Waals surface area contributed by atoms with E-state index in [0.717, 1.165) is 5.56 Å². The minimum absolute atomic E-state index is 0.0115. The maximum Gasteiger partial charge on any atom is 0.189 e. The van der Waals surface area contributed by atoms with Crippen molar-refractivity contribution in [2.75, 3.05) is 5.33 Å². The van der Waals surface area contributed by atoms with E-state index in [9.17, 15) is 4.79 Å². The first kappa shape index (κ1) is 14.0. The SMILES string of the molecule is O=C(/C(=C\c1ccccc1)CBr)c1ccc(Cl)cc1. The predicted octanol–water partition coefficient (Wildman–Crippen LogP) is 5.00. The Morgan fingerprint density at radius 3 is 2.26 bits per heavy atom. The number of benzene rings is 2. The first-order valence-electron chi connectivity index (χ1n) is 5.82. The zero-order chi connectivity index (χ0) is 13.7. The molecule has 0 aromatic heterocycles. The zero-order valence-electron chi connectivity index (χ0n) is 10.1. The van der Waals surface area contributed by atoms with Crippen molar-refractivity contribution >= 4 is 39.4 Å². The van der Waals surface area contributed by atoms with E-state index in [1.54, 1.807) is 24.3 Å². The van der Waals surface area contributed by atoms with Crippen molar-refractivity contribution in [1.82, 2.24) is 0 Å². The second kappa shape index (κ2) is 6.69. The largest absolute Gasteiger partial charge is 0.289 e. The summed E-state index contributed by atoms with van der Waals surface area (Å²) in [5.74, 6) is 0.0115. The van der Waals surface area contributed by atoms with Crippen molar-refractivity contribution in [2.45, 2.75) is 0 Å². The van der Waals surface area contributed by atoms with Crippen LogP contribution in [0, 0.1) is 0 Å². The van der Waals surface area contributed by atoms with Crippen molar-refractivity contribution in [3.05, 3.63) is 76.3 Å². The Morgan fingerprint density at radius 1 is 1.05 bits per heavy atom. The molecule has 0 saturated heterocycles. The predicted molar refractivity (Wildman–Crippen MR) is 84.0 cm³/mol. The van der Waals surface area contributed by atoms with Crippen molar-refractivity contribution in [3.63, 3.8) is 0 Å². The van der Waals surface area contributed by atoms with Crippen LogP contribution in [0.5, 0.6) is 0 Å². The fourth-order valence-corrected chi connectivity index (χ4v) is 2.24. The number of Topliss-reactive ketones (excluding diaryl/α,β-unsaturated/α-hetero) is 1. The van der Waals surface area contributed by atoms with Crippen LogP contribution in [0.15, 0.2) is 60.2 Å². The molecule has 2 aromatic rings. The van der Waals surface area contributed by atoms with Crippen LogP contribution in [0.4, 0.5) is 0 Å². The van der Waals surface area contributed by atoms with E-state index < -0.39 is 0 Å². The number of carbonyl (C=O) groups is 1. The van der Waals surface area contributed by atoms with Crippen LogP contribution in [-0.4, -0.2) is 11.1 Å². The molecule has 0 fully saturated rings. The topological polar surface area (TPSA) is 17.1 Å². The highest BCUT2D eigenvalue weighted by Gasteiger charge is 2.11. The lowest BCUT2D eigenvalue weighted by Gasteiger charge is -2.04. The van der Waals surface area contributed by atoms with Gasteiger partial charge in [0.05, 0.1) is 0 Å². The third-order valence-electron chi connectivity index (χ3n) is 2.68. The first-order valence-corrected chi connectivity index (χ1v) is 7.32. The van der Waals surface area contributed by atoms with Gasteiger partial charge >= 0.3 is 0 Å². The van der Waals surface area contributed by atoms with Gasteiger partial charge in [-0.2, -0.15) is 0 Å². The maximum atomic E-state index is 12.4. The normalized spacial score (nSPS) is 11.4. The van der Waals surface area contributed by atoms with E-state index in [4.69, 9.17) is 11.6 Å². The quantitative estimate of drug-likeness (QED) is 0.436. The van der Waals surface area contributed by atoms with Crippen molar-refractivity contribution in [1.29, 1.82) is 0 Å². The molecule has 0 bridgehead atoms. The molecule has 0 saturated carbocycles. The number of alkyl halides is 1. The van der Waals surface area contributed by atoms with Gasteiger partial charge in [-0.1, -0.05) is 57.9 Å². The highest BCUT2D eigenvalue weighted by molar-refractivity contribution is 9.09. The maximum absolute atomic E-state index is 12.4. The van der Waals surface area contributed by atoms with Gasteiger partial charge in [-0.25, -0.2) is 0 Å². The van der Waals surface area contributed by atoms with Crippen molar-refractivity contribution in [2.24, 2.45) is 0 Å². The van der Waals surface area contributed by atoms with E-state index >= 15 is 0 Å². The molecule has 2 rings (SSSR count). The molecule has 0 amide bonds. The van der Waals surface area contributed by atoms with Crippen LogP contribution >= 0.6 is 27.5 Å². The Kier molecular flexibility index (Phi) is 4.94. The molecule has 2 aromatic carbocycles. The molecule has 0 atom stereocenters. The molecule has 0 unspecified atom stereocenters. The van der Waals surface area contributed by atoms with E-state index in [2.05, 4.69) is 15.9 Å². The molecule has 0 N–H and O–H groups in total. The summed E-state index contributed by atoms with van der Waals surface area (Å²) < 4.78 is 0. The number of ketones is 1. The molecular weight excluding hydrogens is 324 g/mol. The highest BCUT2D eigenvalue weighted by atomic mass is 79.9. The minimum atomic E-state index is 0.0115. The Hall–Kier alpha value is -1.38. The lowest BCUT2D eigenvalue weighted by Crippen LogP contribution is -2.04. The van der Waals surface area contributed by atoms with E-state index in [0.29, 0.717) is 21.5 Å². The van der Waals surface area contributed by atoms with Gasteiger partial charge in [-0.3, -0.25) is 4.79 Å². The standard InChI is InChI=1S/C16H12BrClO/c17-11-14(10-12-4-2-1-3-5-12)16(19)13-6-8-15(18)9-7-13/h1-10H,11H2/b14-10-. The average molecular weight is 336 g/mol. The summed E-state index contributed by atoms with van der Waals surface area (Å²) >= 11 is 9.19. The molecule has 0 aliphatic carbocycles. The summed E-state index contributed by atoms with van der Waals surface area (Å²) in [7, 11) is 0. The molecular formula is C16H12BrClO. The summed E-state index contributed by atoms with van der Waals surface area (Å²) in [5, 5.41) is 1.15. The van der Waals surface area contributed by atoms with Gasteiger partial charge in [-0.05, 0) is 35.9 Å². The minimum Gasteiger partial charge on any atom is -0.289 e. The van der Waals surface area contributed by atoms with Gasteiger partial charge in [0.2, 0.25) is 0 Å². The van der Waals surface area contributed by atoms with E-state index in [1.807, 2.05) is 36.4 Å². The summed E-state index contributed by atoms with van der Waals surface area (Å²) in [4.78, 5) is 12.4. The third kappa shape index (κ3) is 3.79. The lowest BCUT2D eigenvalue weighted by atomic mass is 10.0. The Bertz CT molecular complexity index is 588. The Labute approximate surface area is 126 Å². The Balaban J connectivity index is 2.29. The van der Waals surface area contributed by atoms with Gasteiger partial charge in [0, 0.05) is 21.5 Å². The number of hydrogen-bond donors (Lipinski definition) is 0. The second-order valence-electron chi connectivity index (χ2n) is 4.05. The fraction of sp³-hybridized carbons (Fsp3) is 0.0625. The number of allylic oxidation sites excluding steroid dienone is 1. The molecule has 0 aliphatic rings.